The summed E-state index contributed by atoms with van der Waals surface area (Å²) in [5.74, 6) is 1.31. The third kappa shape index (κ3) is 2.96. The zero-order chi connectivity index (χ0) is 17.3. The number of ether oxygens (including phenoxy) is 2. The van der Waals surface area contributed by atoms with E-state index in [-0.39, 0.29) is 18.0 Å². The van der Waals surface area contributed by atoms with E-state index in [0.29, 0.717) is 11.3 Å². The molecule has 1 atom stereocenters. The van der Waals surface area contributed by atoms with Gasteiger partial charge in [-0.05, 0) is 49.9 Å². The molecule has 1 amide bonds. The zero-order valence-electron chi connectivity index (χ0n) is 14.5. The van der Waals surface area contributed by atoms with Crippen molar-refractivity contribution in [1.82, 2.24) is 15.1 Å². The number of aromatic nitrogens is 2. The summed E-state index contributed by atoms with van der Waals surface area (Å²) in [6.07, 6.45) is 5.17. The second-order valence-electron chi connectivity index (χ2n) is 6.27. The van der Waals surface area contributed by atoms with Crippen LogP contribution in [0.5, 0.6) is 11.5 Å². The van der Waals surface area contributed by atoms with E-state index in [1.165, 1.54) is 5.56 Å². The van der Waals surface area contributed by atoms with Crippen molar-refractivity contribution in [3.05, 3.63) is 41.2 Å². The minimum atomic E-state index is -0.102. The van der Waals surface area contributed by atoms with Crippen molar-refractivity contribution in [3.63, 3.8) is 0 Å². The van der Waals surface area contributed by atoms with Crippen LogP contribution in [0.1, 0.15) is 53.8 Å². The molecule has 6 nitrogen and oxygen atoms in total. The fourth-order valence-corrected chi connectivity index (χ4v) is 3.06. The number of rotatable bonds is 5. The molecule has 3 rings (SSSR count). The van der Waals surface area contributed by atoms with Gasteiger partial charge >= 0.3 is 0 Å². The highest BCUT2D eigenvalue weighted by atomic mass is 16.5. The molecule has 0 saturated carbocycles. The number of benzene rings is 1. The summed E-state index contributed by atoms with van der Waals surface area (Å²) in [6.45, 7) is 4.06. The van der Waals surface area contributed by atoms with E-state index in [2.05, 4.69) is 10.4 Å². The topological polar surface area (TPSA) is 65.4 Å². The van der Waals surface area contributed by atoms with Gasteiger partial charge in [-0.25, -0.2) is 0 Å². The van der Waals surface area contributed by atoms with Crippen LogP contribution in [0.15, 0.2) is 24.5 Å². The molecule has 128 valence electrons. The minimum Gasteiger partial charge on any atom is -0.493 e. The van der Waals surface area contributed by atoms with E-state index < -0.39 is 0 Å². The summed E-state index contributed by atoms with van der Waals surface area (Å²) in [5, 5.41) is 7.33. The van der Waals surface area contributed by atoms with Gasteiger partial charge in [0.25, 0.3) is 5.91 Å². The van der Waals surface area contributed by atoms with Gasteiger partial charge in [0, 0.05) is 12.2 Å². The summed E-state index contributed by atoms with van der Waals surface area (Å²) < 4.78 is 12.5. The molecule has 1 N–H and O–H groups in total. The number of amides is 1. The molecule has 0 radical (unpaired) electrons. The average Bonchev–Trinajstić information content (AvgIpc) is 3.21. The summed E-state index contributed by atoms with van der Waals surface area (Å²) in [6, 6.07) is 4.17. The number of nitrogens with zero attached hydrogens (tertiary/aromatic N) is 2. The molecule has 1 aromatic heterocycles. The fraction of sp³-hybridized carbons (Fsp3) is 0.444. The predicted octanol–water partition coefficient (Wildman–Crippen LogP) is 2.90. The Bertz CT molecular complexity index is 752. The molecule has 24 heavy (non-hydrogen) atoms. The Morgan fingerprint density at radius 1 is 1.29 bits per heavy atom. The molecule has 1 aliphatic rings. The Morgan fingerprint density at radius 3 is 2.62 bits per heavy atom. The van der Waals surface area contributed by atoms with Crippen LogP contribution in [-0.4, -0.2) is 29.9 Å². The first kappa shape index (κ1) is 16.4. The predicted molar refractivity (Wildman–Crippen MR) is 90.7 cm³/mol. The average molecular weight is 329 g/mol. The lowest BCUT2D eigenvalue weighted by molar-refractivity contribution is 0.0936. The summed E-state index contributed by atoms with van der Waals surface area (Å²) in [4.78, 5) is 12.5. The summed E-state index contributed by atoms with van der Waals surface area (Å²) in [7, 11) is 3.25. The molecule has 6 heteroatoms. The molecular formula is C18H23N3O3. The van der Waals surface area contributed by atoms with Crippen molar-refractivity contribution in [2.45, 2.75) is 38.8 Å². The normalized spacial score (nSPS) is 16.1. The van der Waals surface area contributed by atoms with Crippen molar-refractivity contribution in [2.24, 2.45) is 0 Å². The van der Waals surface area contributed by atoms with Crippen molar-refractivity contribution < 1.29 is 14.3 Å². The Balaban J connectivity index is 1.79. The lowest BCUT2D eigenvalue weighted by atomic mass is 10.1. The van der Waals surface area contributed by atoms with Crippen molar-refractivity contribution >= 4 is 5.91 Å². The number of carbonyl (C=O) groups is 1. The fourth-order valence-electron chi connectivity index (χ4n) is 3.06. The molecule has 0 saturated heterocycles. The largest absolute Gasteiger partial charge is 0.493 e. The van der Waals surface area contributed by atoms with Crippen LogP contribution in [0.2, 0.25) is 0 Å². The lowest BCUT2D eigenvalue weighted by Crippen LogP contribution is -2.26. The van der Waals surface area contributed by atoms with Crippen molar-refractivity contribution in [3.8, 4) is 11.5 Å². The van der Waals surface area contributed by atoms with Crippen LogP contribution in [0.3, 0.4) is 0 Å². The van der Waals surface area contributed by atoms with E-state index in [4.69, 9.17) is 9.47 Å². The van der Waals surface area contributed by atoms with E-state index in [9.17, 15) is 4.79 Å². The lowest BCUT2D eigenvalue weighted by Gasteiger charge is -2.16. The second-order valence-corrected chi connectivity index (χ2v) is 6.27. The molecular weight excluding hydrogens is 306 g/mol. The van der Waals surface area contributed by atoms with Crippen LogP contribution < -0.4 is 14.8 Å². The molecule has 0 aliphatic heterocycles. The Morgan fingerprint density at radius 2 is 2.00 bits per heavy atom. The van der Waals surface area contributed by atoms with Crippen molar-refractivity contribution in [1.29, 1.82) is 0 Å². The van der Waals surface area contributed by atoms with Crippen LogP contribution in [0, 0.1) is 0 Å². The van der Waals surface area contributed by atoms with Crippen molar-refractivity contribution in [2.75, 3.05) is 14.2 Å². The van der Waals surface area contributed by atoms with E-state index in [1.807, 2.05) is 26.0 Å². The standard InChI is InChI=1S/C18H23N3O3/c1-11(2)21-10-13(9-19-21)18(22)20-15-6-5-12-7-16(23-3)17(24-4)8-14(12)15/h7-11,15H,5-6H2,1-4H3,(H,20,22)/t15-/m1/s1. The van der Waals surface area contributed by atoms with Gasteiger partial charge in [-0.15, -0.1) is 0 Å². The van der Waals surface area contributed by atoms with Crippen LogP contribution >= 0.6 is 0 Å². The highest BCUT2D eigenvalue weighted by Gasteiger charge is 2.27. The Hall–Kier alpha value is -2.50. The second kappa shape index (κ2) is 6.55. The van der Waals surface area contributed by atoms with Gasteiger partial charge in [-0.2, -0.15) is 5.10 Å². The maximum absolute atomic E-state index is 12.5. The van der Waals surface area contributed by atoms with Gasteiger partial charge in [0.1, 0.15) is 0 Å². The zero-order valence-corrected chi connectivity index (χ0v) is 14.5. The van der Waals surface area contributed by atoms with Gasteiger partial charge in [0.15, 0.2) is 11.5 Å². The first-order valence-electron chi connectivity index (χ1n) is 8.13. The van der Waals surface area contributed by atoms with E-state index in [0.717, 1.165) is 24.2 Å². The molecule has 0 spiro atoms. The summed E-state index contributed by atoms with van der Waals surface area (Å²) in [5.41, 5.74) is 2.87. The number of nitrogens with one attached hydrogen (secondary N) is 1. The minimum absolute atomic E-state index is 0.0188. The third-order valence-corrected chi connectivity index (χ3v) is 4.42. The summed E-state index contributed by atoms with van der Waals surface area (Å²) >= 11 is 0. The van der Waals surface area contributed by atoms with E-state index in [1.54, 1.807) is 31.3 Å². The number of aryl methyl sites for hydroxylation is 1. The third-order valence-electron chi connectivity index (χ3n) is 4.42. The van der Waals surface area contributed by atoms with E-state index >= 15 is 0 Å². The molecule has 0 bridgehead atoms. The highest BCUT2D eigenvalue weighted by molar-refractivity contribution is 5.94. The first-order valence-corrected chi connectivity index (χ1v) is 8.13. The smallest absolute Gasteiger partial charge is 0.254 e. The molecule has 1 aliphatic carbocycles. The molecule has 1 aromatic carbocycles. The Labute approximate surface area is 141 Å². The van der Waals surface area contributed by atoms with Crippen LogP contribution in [0.4, 0.5) is 0 Å². The number of hydrogen-bond acceptors (Lipinski definition) is 4. The molecule has 2 aromatic rings. The SMILES string of the molecule is COc1cc2c(cc1OC)[C@H](NC(=O)c1cnn(C(C)C)c1)CC2. The molecule has 1 heterocycles. The van der Waals surface area contributed by atoms with Gasteiger partial charge in [0.2, 0.25) is 0 Å². The quantitative estimate of drug-likeness (QED) is 0.916. The van der Waals surface area contributed by atoms with Gasteiger partial charge in [-0.3, -0.25) is 9.48 Å². The van der Waals surface area contributed by atoms with Crippen LogP contribution in [-0.2, 0) is 6.42 Å². The van der Waals surface area contributed by atoms with Crippen LogP contribution in [0.25, 0.3) is 0 Å². The molecule has 0 unspecified atom stereocenters. The number of carbonyl (C=O) groups excluding carboxylic acids is 1. The maximum Gasteiger partial charge on any atom is 0.254 e. The monoisotopic (exact) mass is 329 g/mol. The van der Waals surface area contributed by atoms with Gasteiger partial charge < -0.3 is 14.8 Å². The first-order chi connectivity index (χ1) is 11.5. The van der Waals surface area contributed by atoms with Gasteiger partial charge in [0.05, 0.1) is 32.0 Å². The van der Waals surface area contributed by atoms with Gasteiger partial charge in [-0.1, -0.05) is 0 Å². The maximum atomic E-state index is 12.5. The number of methoxy groups -OCH3 is 2. The number of fused-ring (bicyclic) bond motifs is 1. The molecule has 0 fully saturated rings. The Kier molecular flexibility index (Phi) is 4.46. The number of hydrogen-bond donors (Lipinski definition) is 1. The highest BCUT2D eigenvalue weighted by Crippen LogP contribution is 2.39.